The molecule has 0 aliphatic heterocycles. The van der Waals surface area contributed by atoms with Gasteiger partial charge in [0.05, 0.1) is 18.4 Å². The highest BCUT2D eigenvalue weighted by Gasteiger charge is 2.17. The number of carbonyl (C=O) groups is 2. The number of esters is 1. The Balaban J connectivity index is 2.74. The van der Waals surface area contributed by atoms with Crippen LogP contribution in [0, 0.1) is 11.6 Å². The minimum absolute atomic E-state index is 0.129. The zero-order chi connectivity index (χ0) is 15.8. The summed E-state index contributed by atoms with van der Waals surface area (Å²) in [6.07, 6.45) is 0.608. The Morgan fingerprint density at radius 1 is 1.24 bits per heavy atom. The topological polar surface area (TPSA) is 64.6 Å². The van der Waals surface area contributed by atoms with Crippen molar-refractivity contribution >= 4 is 17.6 Å². The van der Waals surface area contributed by atoms with Crippen LogP contribution >= 0.6 is 0 Å². The first-order valence-corrected chi connectivity index (χ1v) is 6.44. The Bertz CT molecular complexity index is 520. The van der Waals surface area contributed by atoms with Gasteiger partial charge < -0.3 is 14.8 Å². The molecular formula is C14H17F2NO4. The molecule has 0 spiro atoms. The number of amides is 1. The van der Waals surface area contributed by atoms with E-state index in [4.69, 9.17) is 4.74 Å². The molecule has 0 saturated heterocycles. The van der Waals surface area contributed by atoms with Gasteiger partial charge in [0.15, 0.2) is 0 Å². The maximum atomic E-state index is 13.6. The number of hydrogen-bond acceptors (Lipinski definition) is 4. The Kier molecular flexibility index (Phi) is 6.74. The third kappa shape index (κ3) is 5.11. The largest absolute Gasteiger partial charge is 0.465 e. The van der Waals surface area contributed by atoms with E-state index in [1.54, 1.807) is 0 Å². The lowest BCUT2D eigenvalue weighted by Crippen LogP contribution is -2.15. The molecule has 0 aromatic heterocycles. The molecule has 1 aromatic rings. The zero-order valence-electron chi connectivity index (χ0n) is 11.9. The summed E-state index contributed by atoms with van der Waals surface area (Å²) >= 11 is 0. The molecule has 0 saturated carbocycles. The SMILES string of the molecule is CCOCCCC(=O)Nc1cc(C(=O)OC)c(F)cc1F. The molecule has 5 nitrogen and oxygen atoms in total. The van der Waals surface area contributed by atoms with Crippen molar-refractivity contribution < 1.29 is 27.8 Å². The molecule has 0 fully saturated rings. The van der Waals surface area contributed by atoms with Gasteiger partial charge in [-0.25, -0.2) is 13.6 Å². The number of nitrogens with one attached hydrogen (secondary N) is 1. The first kappa shape index (κ1) is 17.0. The molecule has 0 aliphatic rings. The van der Waals surface area contributed by atoms with Crippen LogP contribution in [0.4, 0.5) is 14.5 Å². The molecule has 7 heteroatoms. The lowest BCUT2D eigenvalue weighted by Gasteiger charge is -2.09. The second-order valence-corrected chi connectivity index (χ2v) is 4.15. The van der Waals surface area contributed by atoms with Gasteiger partial charge in [-0.3, -0.25) is 4.79 Å². The fraction of sp³-hybridized carbons (Fsp3) is 0.429. The predicted molar refractivity (Wildman–Crippen MR) is 72.1 cm³/mol. The summed E-state index contributed by atoms with van der Waals surface area (Å²) in [5, 5.41) is 2.29. The Labute approximate surface area is 121 Å². The molecular weight excluding hydrogens is 284 g/mol. The summed E-state index contributed by atoms with van der Waals surface area (Å²) in [7, 11) is 1.08. The zero-order valence-corrected chi connectivity index (χ0v) is 11.9. The average Bonchev–Trinajstić information content (AvgIpc) is 2.45. The number of anilines is 1. The summed E-state index contributed by atoms with van der Waals surface area (Å²) in [6, 6.07) is 1.44. The lowest BCUT2D eigenvalue weighted by atomic mass is 10.1. The molecule has 0 heterocycles. The Morgan fingerprint density at radius 3 is 2.57 bits per heavy atom. The standard InChI is InChI=1S/C14H17F2NO4/c1-3-21-6-4-5-13(18)17-12-7-9(14(19)20-2)10(15)8-11(12)16/h7-8H,3-6H2,1-2H3,(H,17,18). The molecule has 21 heavy (non-hydrogen) atoms. The van der Waals surface area contributed by atoms with Crippen molar-refractivity contribution in [2.75, 3.05) is 25.6 Å². The maximum absolute atomic E-state index is 13.6. The summed E-state index contributed by atoms with van der Waals surface area (Å²) in [5.74, 6) is -3.40. The maximum Gasteiger partial charge on any atom is 0.340 e. The van der Waals surface area contributed by atoms with E-state index in [9.17, 15) is 18.4 Å². The molecule has 1 N–H and O–H groups in total. The van der Waals surface area contributed by atoms with Gasteiger partial charge in [0.25, 0.3) is 0 Å². The van der Waals surface area contributed by atoms with E-state index in [1.165, 1.54) is 0 Å². The van der Waals surface area contributed by atoms with Crippen LogP contribution in [0.1, 0.15) is 30.1 Å². The molecule has 0 unspecified atom stereocenters. The second kappa shape index (κ2) is 8.31. The monoisotopic (exact) mass is 301 g/mol. The van der Waals surface area contributed by atoms with Crippen molar-refractivity contribution in [1.29, 1.82) is 0 Å². The lowest BCUT2D eigenvalue weighted by molar-refractivity contribution is -0.116. The van der Waals surface area contributed by atoms with Crippen molar-refractivity contribution in [2.24, 2.45) is 0 Å². The van der Waals surface area contributed by atoms with Gasteiger partial charge in [-0.05, 0) is 19.4 Å². The summed E-state index contributed by atoms with van der Waals surface area (Å²) in [6.45, 7) is 2.81. The fourth-order valence-electron chi connectivity index (χ4n) is 1.60. The van der Waals surface area contributed by atoms with E-state index in [0.29, 0.717) is 25.7 Å². The minimum atomic E-state index is -1.05. The van der Waals surface area contributed by atoms with Gasteiger partial charge in [0.1, 0.15) is 11.6 Å². The molecule has 1 rings (SSSR count). The summed E-state index contributed by atoms with van der Waals surface area (Å²) in [5.41, 5.74) is -0.707. The van der Waals surface area contributed by atoms with E-state index < -0.39 is 29.1 Å². The third-order valence-corrected chi connectivity index (χ3v) is 2.63. The molecule has 0 bridgehead atoms. The van der Waals surface area contributed by atoms with Crippen LogP contribution in [-0.4, -0.2) is 32.2 Å². The van der Waals surface area contributed by atoms with Gasteiger partial charge >= 0.3 is 5.97 Å². The molecule has 1 aromatic carbocycles. The van der Waals surface area contributed by atoms with Gasteiger partial charge in [-0.1, -0.05) is 0 Å². The van der Waals surface area contributed by atoms with Crippen LogP contribution in [-0.2, 0) is 14.3 Å². The van der Waals surface area contributed by atoms with E-state index in [1.807, 2.05) is 6.92 Å². The average molecular weight is 301 g/mol. The smallest absolute Gasteiger partial charge is 0.340 e. The normalized spacial score (nSPS) is 10.3. The Hall–Kier alpha value is -2.02. The third-order valence-electron chi connectivity index (χ3n) is 2.63. The number of halogens is 2. The van der Waals surface area contributed by atoms with Gasteiger partial charge in [-0.15, -0.1) is 0 Å². The van der Waals surface area contributed by atoms with E-state index in [0.717, 1.165) is 13.2 Å². The highest BCUT2D eigenvalue weighted by atomic mass is 19.1. The quantitative estimate of drug-likeness (QED) is 0.621. The van der Waals surface area contributed by atoms with Gasteiger partial charge in [0, 0.05) is 25.7 Å². The molecule has 116 valence electrons. The Morgan fingerprint density at radius 2 is 1.95 bits per heavy atom. The molecule has 0 aliphatic carbocycles. The van der Waals surface area contributed by atoms with Crippen LogP contribution < -0.4 is 5.32 Å². The number of rotatable bonds is 7. The number of hydrogen-bond donors (Lipinski definition) is 1. The second-order valence-electron chi connectivity index (χ2n) is 4.15. The van der Waals surface area contributed by atoms with E-state index >= 15 is 0 Å². The number of carbonyl (C=O) groups excluding carboxylic acids is 2. The number of ether oxygens (including phenoxy) is 2. The van der Waals surface area contributed by atoms with Crippen LogP contribution in [0.2, 0.25) is 0 Å². The summed E-state index contributed by atoms with van der Waals surface area (Å²) < 4.78 is 36.4. The van der Waals surface area contributed by atoms with Crippen molar-refractivity contribution in [3.05, 3.63) is 29.3 Å². The van der Waals surface area contributed by atoms with Crippen molar-refractivity contribution in [3.63, 3.8) is 0 Å². The highest BCUT2D eigenvalue weighted by Crippen LogP contribution is 2.20. The first-order valence-electron chi connectivity index (χ1n) is 6.44. The van der Waals surface area contributed by atoms with Crippen LogP contribution in [0.5, 0.6) is 0 Å². The molecule has 1 amide bonds. The van der Waals surface area contributed by atoms with Crippen LogP contribution in [0.25, 0.3) is 0 Å². The number of benzene rings is 1. The van der Waals surface area contributed by atoms with Crippen LogP contribution in [0.15, 0.2) is 12.1 Å². The van der Waals surface area contributed by atoms with E-state index in [-0.39, 0.29) is 12.1 Å². The van der Waals surface area contributed by atoms with Crippen LogP contribution in [0.3, 0.4) is 0 Å². The highest BCUT2D eigenvalue weighted by molar-refractivity contribution is 5.94. The van der Waals surface area contributed by atoms with Crippen molar-refractivity contribution in [3.8, 4) is 0 Å². The van der Waals surface area contributed by atoms with Gasteiger partial charge in [0.2, 0.25) is 5.91 Å². The number of methoxy groups -OCH3 is 1. The van der Waals surface area contributed by atoms with Crippen molar-refractivity contribution in [1.82, 2.24) is 0 Å². The fourth-order valence-corrected chi connectivity index (χ4v) is 1.60. The molecule has 0 radical (unpaired) electrons. The minimum Gasteiger partial charge on any atom is -0.465 e. The van der Waals surface area contributed by atoms with Gasteiger partial charge in [-0.2, -0.15) is 0 Å². The summed E-state index contributed by atoms with van der Waals surface area (Å²) in [4.78, 5) is 22.9. The molecule has 0 atom stereocenters. The van der Waals surface area contributed by atoms with Crippen molar-refractivity contribution in [2.45, 2.75) is 19.8 Å². The predicted octanol–water partition coefficient (Wildman–Crippen LogP) is 2.51. The van der Waals surface area contributed by atoms with E-state index in [2.05, 4.69) is 10.1 Å². The first-order chi connectivity index (χ1) is 9.99.